The van der Waals surface area contributed by atoms with Crippen LogP contribution in [0.15, 0.2) is 42.5 Å². The van der Waals surface area contributed by atoms with Crippen LogP contribution in [0.4, 0.5) is 8.78 Å². The van der Waals surface area contributed by atoms with Gasteiger partial charge in [-0.25, -0.2) is 8.78 Å². The van der Waals surface area contributed by atoms with Gasteiger partial charge in [0, 0.05) is 6.04 Å². The highest BCUT2D eigenvalue weighted by molar-refractivity contribution is 5.32. The SMILES string of the molecule is CNC(Cc1ccc(F)c(F)c1)c1cccc(OC)c1. The van der Waals surface area contributed by atoms with Gasteiger partial charge in [-0.3, -0.25) is 0 Å². The fraction of sp³-hybridized carbons (Fsp3) is 0.250. The van der Waals surface area contributed by atoms with Crippen molar-refractivity contribution < 1.29 is 13.5 Å². The summed E-state index contributed by atoms with van der Waals surface area (Å²) in [6.45, 7) is 0. The summed E-state index contributed by atoms with van der Waals surface area (Å²) in [6.07, 6.45) is 0.570. The predicted molar refractivity (Wildman–Crippen MR) is 74.9 cm³/mol. The monoisotopic (exact) mass is 277 g/mol. The fourth-order valence-corrected chi connectivity index (χ4v) is 2.15. The lowest BCUT2D eigenvalue weighted by Crippen LogP contribution is -2.19. The van der Waals surface area contributed by atoms with Crippen LogP contribution >= 0.6 is 0 Å². The summed E-state index contributed by atoms with van der Waals surface area (Å²) in [6, 6.07) is 11.7. The molecule has 0 aliphatic rings. The molecule has 20 heavy (non-hydrogen) atoms. The van der Waals surface area contributed by atoms with E-state index in [0.717, 1.165) is 22.9 Å². The van der Waals surface area contributed by atoms with Crippen molar-refractivity contribution in [1.29, 1.82) is 0 Å². The van der Waals surface area contributed by atoms with Crippen LogP contribution in [0, 0.1) is 11.6 Å². The molecule has 4 heteroatoms. The van der Waals surface area contributed by atoms with Crippen molar-refractivity contribution in [2.45, 2.75) is 12.5 Å². The van der Waals surface area contributed by atoms with Gasteiger partial charge in [-0.2, -0.15) is 0 Å². The van der Waals surface area contributed by atoms with E-state index in [1.807, 2.05) is 31.3 Å². The Labute approximate surface area is 117 Å². The first-order valence-electron chi connectivity index (χ1n) is 6.39. The van der Waals surface area contributed by atoms with Crippen LogP contribution in [-0.2, 0) is 6.42 Å². The van der Waals surface area contributed by atoms with Crippen LogP contribution < -0.4 is 10.1 Å². The number of hydrogen-bond acceptors (Lipinski definition) is 2. The van der Waals surface area contributed by atoms with Gasteiger partial charge in [0.25, 0.3) is 0 Å². The fourth-order valence-electron chi connectivity index (χ4n) is 2.15. The minimum Gasteiger partial charge on any atom is -0.497 e. The number of methoxy groups -OCH3 is 1. The third-order valence-corrected chi connectivity index (χ3v) is 3.27. The third kappa shape index (κ3) is 3.33. The zero-order valence-corrected chi connectivity index (χ0v) is 11.5. The molecule has 2 rings (SSSR count). The molecule has 0 aromatic heterocycles. The summed E-state index contributed by atoms with van der Waals surface area (Å²) >= 11 is 0. The van der Waals surface area contributed by atoms with Crippen molar-refractivity contribution in [3.05, 3.63) is 65.2 Å². The van der Waals surface area contributed by atoms with Crippen molar-refractivity contribution in [2.75, 3.05) is 14.2 Å². The van der Waals surface area contributed by atoms with Gasteiger partial charge in [-0.15, -0.1) is 0 Å². The molecule has 0 amide bonds. The summed E-state index contributed by atoms with van der Waals surface area (Å²) in [4.78, 5) is 0. The second-order valence-corrected chi connectivity index (χ2v) is 4.57. The van der Waals surface area contributed by atoms with Crippen LogP contribution in [0.2, 0.25) is 0 Å². The van der Waals surface area contributed by atoms with Crippen molar-refractivity contribution >= 4 is 0 Å². The van der Waals surface area contributed by atoms with Gasteiger partial charge in [-0.05, 0) is 48.9 Å². The van der Waals surface area contributed by atoms with E-state index in [1.54, 1.807) is 13.2 Å². The molecule has 0 saturated heterocycles. The topological polar surface area (TPSA) is 21.3 Å². The molecular formula is C16H17F2NO. The lowest BCUT2D eigenvalue weighted by atomic mass is 9.98. The Bertz CT molecular complexity index is 586. The maximum Gasteiger partial charge on any atom is 0.159 e. The molecule has 0 saturated carbocycles. The number of benzene rings is 2. The smallest absolute Gasteiger partial charge is 0.159 e. The maximum absolute atomic E-state index is 13.2. The van der Waals surface area contributed by atoms with Gasteiger partial charge >= 0.3 is 0 Å². The first kappa shape index (κ1) is 14.5. The molecule has 0 fully saturated rings. The van der Waals surface area contributed by atoms with Crippen LogP contribution in [-0.4, -0.2) is 14.2 Å². The number of ether oxygens (including phenoxy) is 1. The van der Waals surface area contributed by atoms with E-state index in [2.05, 4.69) is 5.32 Å². The number of halogens is 2. The number of nitrogens with one attached hydrogen (secondary N) is 1. The molecule has 1 unspecified atom stereocenters. The average molecular weight is 277 g/mol. The molecule has 0 spiro atoms. The standard InChI is InChI=1S/C16H17F2NO/c1-19-16(12-4-3-5-13(10-12)20-2)9-11-6-7-14(17)15(18)8-11/h3-8,10,16,19H,9H2,1-2H3. The summed E-state index contributed by atoms with van der Waals surface area (Å²) in [5, 5.41) is 3.18. The second-order valence-electron chi connectivity index (χ2n) is 4.57. The van der Waals surface area contributed by atoms with Crippen molar-refractivity contribution in [3.8, 4) is 5.75 Å². The van der Waals surface area contributed by atoms with Gasteiger partial charge in [0.1, 0.15) is 5.75 Å². The number of likely N-dealkylation sites (N-methyl/N-ethyl adjacent to an activating group) is 1. The number of rotatable bonds is 5. The van der Waals surface area contributed by atoms with Gasteiger partial charge in [-0.1, -0.05) is 18.2 Å². The highest BCUT2D eigenvalue weighted by atomic mass is 19.2. The Morgan fingerprint density at radius 1 is 1.10 bits per heavy atom. The van der Waals surface area contributed by atoms with Crippen molar-refractivity contribution in [1.82, 2.24) is 5.32 Å². The van der Waals surface area contributed by atoms with Crippen LogP contribution in [0.3, 0.4) is 0 Å². The van der Waals surface area contributed by atoms with E-state index in [1.165, 1.54) is 6.07 Å². The first-order valence-corrected chi connectivity index (χ1v) is 6.39. The third-order valence-electron chi connectivity index (χ3n) is 3.27. The van der Waals surface area contributed by atoms with Gasteiger partial charge in [0.15, 0.2) is 11.6 Å². The van der Waals surface area contributed by atoms with E-state index < -0.39 is 11.6 Å². The van der Waals surface area contributed by atoms with Gasteiger partial charge in [0.2, 0.25) is 0 Å². The second kappa shape index (κ2) is 6.48. The molecule has 2 aromatic rings. The summed E-state index contributed by atoms with van der Waals surface area (Å²) in [5.74, 6) is -0.868. The van der Waals surface area contributed by atoms with Gasteiger partial charge in [0.05, 0.1) is 7.11 Å². The Morgan fingerprint density at radius 3 is 2.55 bits per heavy atom. The Balaban J connectivity index is 2.21. The lowest BCUT2D eigenvalue weighted by Gasteiger charge is -2.17. The largest absolute Gasteiger partial charge is 0.497 e. The Kier molecular flexibility index (Phi) is 4.69. The molecule has 1 N–H and O–H groups in total. The lowest BCUT2D eigenvalue weighted by molar-refractivity contribution is 0.413. The highest BCUT2D eigenvalue weighted by Crippen LogP contribution is 2.23. The van der Waals surface area contributed by atoms with Crippen molar-refractivity contribution in [2.24, 2.45) is 0 Å². The maximum atomic E-state index is 13.2. The Hall–Kier alpha value is -1.94. The highest BCUT2D eigenvalue weighted by Gasteiger charge is 2.12. The minimum absolute atomic E-state index is 0.00922. The molecular weight excluding hydrogens is 260 g/mol. The summed E-state index contributed by atoms with van der Waals surface area (Å²) < 4.78 is 31.4. The first-order chi connectivity index (χ1) is 9.63. The molecule has 2 nitrogen and oxygen atoms in total. The van der Waals surface area contributed by atoms with Crippen LogP contribution in [0.25, 0.3) is 0 Å². The molecule has 0 bridgehead atoms. The van der Waals surface area contributed by atoms with Crippen LogP contribution in [0.1, 0.15) is 17.2 Å². The molecule has 0 heterocycles. The molecule has 2 aromatic carbocycles. The molecule has 0 aliphatic heterocycles. The van der Waals surface area contributed by atoms with E-state index in [-0.39, 0.29) is 6.04 Å². The van der Waals surface area contributed by atoms with E-state index in [0.29, 0.717) is 6.42 Å². The van der Waals surface area contributed by atoms with Gasteiger partial charge < -0.3 is 10.1 Å². The quantitative estimate of drug-likeness (QED) is 0.903. The molecule has 0 radical (unpaired) electrons. The van der Waals surface area contributed by atoms with E-state index in [9.17, 15) is 8.78 Å². The minimum atomic E-state index is -0.823. The molecule has 1 atom stereocenters. The predicted octanol–water partition coefficient (Wildman–Crippen LogP) is 3.48. The van der Waals surface area contributed by atoms with Crippen LogP contribution in [0.5, 0.6) is 5.75 Å². The normalized spacial score (nSPS) is 12.2. The van der Waals surface area contributed by atoms with Crippen molar-refractivity contribution in [3.63, 3.8) is 0 Å². The molecule has 106 valence electrons. The summed E-state index contributed by atoms with van der Waals surface area (Å²) in [5.41, 5.74) is 1.78. The summed E-state index contributed by atoms with van der Waals surface area (Å²) in [7, 11) is 3.45. The van der Waals surface area contributed by atoms with E-state index in [4.69, 9.17) is 4.74 Å². The van der Waals surface area contributed by atoms with E-state index >= 15 is 0 Å². The zero-order valence-electron chi connectivity index (χ0n) is 11.5. The number of hydrogen-bond donors (Lipinski definition) is 1. The Morgan fingerprint density at radius 2 is 1.90 bits per heavy atom. The molecule has 0 aliphatic carbocycles. The average Bonchev–Trinajstić information content (AvgIpc) is 2.48. The zero-order chi connectivity index (χ0) is 14.5.